The van der Waals surface area contributed by atoms with Gasteiger partial charge in [0.25, 0.3) is 5.56 Å². The molecule has 0 saturated heterocycles. The fourth-order valence-electron chi connectivity index (χ4n) is 7.24. The lowest BCUT2D eigenvalue weighted by Crippen LogP contribution is -2.63. The van der Waals surface area contributed by atoms with Gasteiger partial charge in [-0.25, -0.2) is 9.59 Å². The maximum Gasteiger partial charge on any atom is 0.345 e. The van der Waals surface area contributed by atoms with E-state index in [0.29, 0.717) is 6.42 Å². The number of esters is 1. The van der Waals surface area contributed by atoms with Crippen molar-refractivity contribution in [2.24, 2.45) is 34.0 Å². The summed E-state index contributed by atoms with van der Waals surface area (Å²) in [5.41, 5.74) is -4.32. The molecule has 0 spiro atoms. The van der Waals surface area contributed by atoms with Crippen LogP contribution < -0.4 is 11.2 Å². The summed E-state index contributed by atoms with van der Waals surface area (Å²) in [5.74, 6) is -2.16. The average molecular weight is 475 g/mol. The molecule has 2 bridgehead atoms. The minimum atomic E-state index is -1.14. The van der Waals surface area contributed by atoms with E-state index in [2.05, 4.69) is 11.6 Å². The summed E-state index contributed by atoms with van der Waals surface area (Å²) in [6.45, 7) is 11.7. The van der Waals surface area contributed by atoms with Gasteiger partial charge in [-0.3, -0.25) is 14.6 Å². The fourth-order valence-corrected chi connectivity index (χ4v) is 7.24. The van der Waals surface area contributed by atoms with Crippen molar-refractivity contribution in [3.63, 3.8) is 0 Å². The number of nitrogens with one attached hydrogen (secondary N) is 2. The Hall–Kier alpha value is -2.52. The van der Waals surface area contributed by atoms with Crippen LogP contribution in [0.1, 0.15) is 63.7 Å². The van der Waals surface area contributed by atoms with Crippen LogP contribution in [0.15, 0.2) is 28.4 Å². The minimum Gasteiger partial charge on any atom is -0.458 e. The van der Waals surface area contributed by atoms with E-state index in [1.54, 1.807) is 6.08 Å². The number of Topliss-reactive ketones (excluding diaryl/α,β-unsaturated/α-hetero) is 1. The predicted octanol–water partition coefficient (Wildman–Crippen LogP) is 1.55. The van der Waals surface area contributed by atoms with Crippen molar-refractivity contribution in [2.75, 3.05) is 0 Å². The maximum atomic E-state index is 13.5. The van der Waals surface area contributed by atoms with E-state index in [-0.39, 0.29) is 36.0 Å². The quantitative estimate of drug-likeness (QED) is 0.383. The highest BCUT2D eigenvalue weighted by atomic mass is 16.5. The summed E-state index contributed by atoms with van der Waals surface area (Å²) in [6, 6.07) is 0. The molecule has 3 fully saturated rings. The van der Waals surface area contributed by atoms with Crippen LogP contribution in [0.3, 0.4) is 0 Å². The highest BCUT2D eigenvalue weighted by Crippen LogP contribution is 2.68. The summed E-state index contributed by atoms with van der Waals surface area (Å²) in [4.78, 5) is 54.5. The van der Waals surface area contributed by atoms with Crippen LogP contribution in [-0.2, 0) is 9.53 Å². The van der Waals surface area contributed by atoms with Gasteiger partial charge in [-0.15, -0.1) is 6.58 Å². The number of aliphatic hydroxyl groups excluding tert-OH is 2. The molecule has 9 atom stereocenters. The third kappa shape index (κ3) is 3.27. The zero-order valence-corrected chi connectivity index (χ0v) is 20.1. The van der Waals surface area contributed by atoms with Crippen molar-refractivity contribution in [1.29, 1.82) is 0 Å². The molecule has 186 valence electrons. The topological polar surface area (TPSA) is 150 Å². The Labute approximate surface area is 197 Å². The predicted molar refractivity (Wildman–Crippen MR) is 123 cm³/mol. The smallest absolute Gasteiger partial charge is 0.345 e. The summed E-state index contributed by atoms with van der Waals surface area (Å²) in [7, 11) is 0. The molecule has 34 heavy (non-hydrogen) atoms. The number of aromatic nitrogens is 2. The van der Waals surface area contributed by atoms with Gasteiger partial charge in [0, 0.05) is 22.9 Å². The van der Waals surface area contributed by atoms with Crippen molar-refractivity contribution >= 4 is 11.8 Å². The minimum absolute atomic E-state index is 0.0388. The molecule has 3 aliphatic rings. The molecule has 1 heterocycles. The standard InChI is InChI=1S/C25H34N2O7/c1-6-23(4)10-16(34-21(32)14-11-26-22(33)27-20(14)31)24(5)12(2)7-8-25(13(3)19(23)30)9-15(28)17(29)18(24)25/h6,11-13,15-16,18-19,28,30H,1,7-10H2,2-5H3,(H2,26,27,31,33)/t12?,13-,15-,16+,18?,19-,23+,24-,25?/m0/s1. The lowest BCUT2D eigenvalue weighted by molar-refractivity contribution is -0.192. The summed E-state index contributed by atoms with van der Waals surface area (Å²) < 4.78 is 5.99. The molecule has 1 aromatic rings. The number of H-pyrrole nitrogens is 2. The molecule has 4 rings (SSSR count). The molecule has 3 aliphatic carbocycles. The molecule has 0 aromatic carbocycles. The number of carbonyl (C=O) groups excluding carboxylic acids is 2. The molecule has 1 aromatic heterocycles. The fraction of sp³-hybridized carbons (Fsp3) is 0.680. The first-order valence-corrected chi connectivity index (χ1v) is 11.9. The normalized spacial score (nSPS) is 44.0. The van der Waals surface area contributed by atoms with Gasteiger partial charge < -0.3 is 19.9 Å². The van der Waals surface area contributed by atoms with E-state index >= 15 is 0 Å². The molecule has 9 nitrogen and oxygen atoms in total. The Kier molecular flexibility index (Phi) is 5.80. The van der Waals surface area contributed by atoms with E-state index in [1.807, 2.05) is 32.7 Å². The second-order valence-electron chi connectivity index (χ2n) is 11.1. The SMILES string of the molecule is C=C[C@]1(C)C[C@@H](OC(=O)c2c[nH]c(=O)[nH]c2=O)[C@]2(C)C(C)CCC3(C[C@H](O)C(=O)C32)[C@@H](C)[C@@H]1O. The average Bonchev–Trinajstić information content (AvgIpc) is 3.05. The lowest BCUT2D eigenvalue weighted by Gasteiger charge is -2.61. The zero-order chi connectivity index (χ0) is 25.2. The molecular formula is C25H34N2O7. The number of ketones is 1. The van der Waals surface area contributed by atoms with Crippen molar-refractivity contribution < 1.29 is 24.5 Å². The number of aromatic amines is 2. The highest BCUT2D eigenvalue weighted by Gasteiger charge is 2.70. The molecule has 0 aliphatic heterocycles. The van der Waals surface area contributed by atoms with Gasteiger partial charge in [-0.1, -0.05) is 33.8 Å². The molecule has 3 unspecified atom stereocenters. The lowest BCUT2D eigenvalue weighted by atomic mass is 9.44. The molecule has 0 radical (unpaired) electrons. The van der Waals surface area contributed by atoms with Crippen molar-refractivity contribution in [1.82, 2.24) is 9.97 Å². The van der Waals surface area contributed by atoms with Gasteiger partial charge in [0.05, 0.1) is 6.10 Å². The Morgan fingerprint density at radius 2 is 1.88 bits per heavy atom. The van der Waals surface area contributed by atoms with E-state index < -0.39 is 57.7 Å². The Balaban J connectivity index is 1.88. The van der Waals surface area contributed by atoms with Crippen LogP contribution >= 0.6 is 0 Å². The highest BCUT2D eigenvalue weighted by molar-refractivity contribution is 5.90. The van der Waals surface area contributed by atoms with E-state index in [1.165, 1.54) is 0 Å². The second kappa shape index (κ2) is 8.02. The van der Waals surface area contributed by atoms with Gasteiger partial charge in [0.1, 0.15) is 17.8 Å². The van der Waals surface area contributed by atoms with Crippen LogP contribution in [0.4, 0.5) is 0 Å². The summed E-state index contributed by atoms with van der Waals surface area (Å²) in [5, 5.41) is 22.2. The molecule has 0 amide bonds. The van der Waals surface area contributed by atoms with Gasteiger partial charge in [0.2, 0.25) is 0 Å². The van der Waals surface area contributed by atoms with Crippen LogP contribution in [0.25, 0.3) is 0 Å². The zero-order valence-electron chi connectivity index (χ0n) is 20.1. The number of hydrogen-bond donors (Lipinski definition) is 4. The van der Waals surface area contributed by atoms with Gasteiger partial charge in [-0.2, -0.15) is 0 Å². The molecule has 4 N–H and O–H groups in total. The molecule has 9 heteroatoms. The monoisotopic (exact) mass is 474 g/mol. The van der Waals surface area contributed by atoms with Crippen LogP contribution in [0.5, 0.6) is 0 Å². The first-order valence-electron chi connectivity index (χ1n) is 11.9. The summed E-state index contributed by atoms with van der Waals surface area (Å²) in [6.07, 6.45) is 1.64. The van der Waals surface area contributed by atoms with E-state index in [4.69, 9.17) is 4.74 Å². The Morgan fingerprint density at radius 3 is 2.50 bits per heavy atom. The number of ether oxygens (including phenoxy) is 1. The van der Waals surface area contributed by atoms with Gasteiger partial charge in [-0.05, 0) is 42.9 Å². The first kappa shape index (κ1) is 24.6. The van der Waals surface area contributed by atoms with Crippen LogP contribution in [-0.4, -0.2) is 50.2 Å². The number of carbonyl (C=O) groups is 2. The van der Waals surface area contributed by atoms with Crippen molar-refractivity contribution in [2.45, 2.75) is 71.7 Å². The largest absolute Gasteiger partial charge is 0.458 e. The third-order valence-corrected chi connectivity index (χ3v) is 9.62. The molecular weight excluding hydrogens is 440 g/mol. The van der Waals surface area contributed by atoms with Crippen LogP contribution in [0.2, 0.25) is 0 Å². The van der Waals surface area contributed by atoms with Gasteiger partial charge >= 0.3 is 11.7 Å². The second-order valence-corrected chi connectivity index (χ2v) is 11.1. The summed E-state index contributed by atoms with van der Waals surface area (Å²) >= 11 is 0. The number of aliphatic hydroxyl groups is 2. The van der Waals surface area contributed by atoms with Gasteiger partial charge in [0.15, 0.2) is 5.78 Å². The van der Waals surface area contributed by atoms with E-state index in [9.17, 15) is 29.4 Å². The molecule has 3 saturated carbocycles. The van der Waals surface area contributed by atoms with E-state index in [0.717, 1.165) is 12.6 Å². The van der Waals surface area contributed by atoms with Crippen LogP contribution in [0, 0.1) is 34.0 Å². The first-order chi connectivity index (χ1) is 15.8. The Bertz CT molecular complexity index is 1140. The van der Waals surface area contributed by atoms with Crippen molar-refractivity contribution in [3.05, 3.63) is 45.3 Å². The Morgan fingerprint density at radius 1 is 1.21 bits per heavy atom. The number of rotatable bonds is 3. The number of hydrogen-bond acceptors (Lipinski definition) is 7. The van der Waals surface area contributed by atoms with Crippen molar-refractivity contribution in [3.8, 4) is 0 Å². The third-order valence-electron chi connectivity index (χ3n) is 9.62. The maximum absolute atomic E-state index is 13.5.